The summed E-state index contributed by atoms with van der Waals surface area (Å²) in [5.74, 6) is -0.226. The molecule has 0 saturated carbocycles. The number of esters is 1. The first-order valence-corrected chi connectivity index (χ1v) is 8.08. The SMILES string of the molecule is COC(=O)[C@@H]1Oc2c(c(=O)oc3ccccc23)[C@H]1c1cccc(OC)c1. The van der Waals surface area contributed by atoms with E-state index in [1.807, 2.05) is 12.1 Å². The quantitative estimate of drug-likeness (QED) is 0.533. The first-order chi connectivity index (χ1) is 12.6. The predicted octanol–water partition coefficient (Wildman–Crippen LogP) is 2.87. The van der Waals surface area contributed by atoms with Crippen molar-refractivity contribution in [1.29, 1.82) is 0 Å². The summed E-state index contributed by atoms with van der Waals surface area (Å²) < 4.78 is 21.5. The summed E-state index contributed by atoms with van der Waals surface area (Å²) in [6.45, 7) is 0. The minimum absolute atomic E-state index is 0.312. The third-order valence-corrected chi connectivity index (χ3v) is 4.54. The number of ether oxygens (including phenoxy) is 3. The minimum Gasteiger partial charge on any atom is -0.497 e. The number of hydrogen-bond acceptors (Lipinski definition) is 6. The van der Waals surface area contributed by atoms with Crippen LogP contribution in [0, 0.1) is 0 Å². The first kappa shape index (κ1) is 16.2. The average molecular weight is 352 g/mol. The van der Waals surface area contributed by atoms with Crippen molar-refractivity contribution in [3.05, 3.63) is 70.1 Å². The van der Waals surface area contributed by atoms with Crippen molar-refractivity contribution in [1.82, 2.24) is 0 Å². The predicted molar refractivity (Wildman–Crippen MR) is 93.8 cm³/mol. The second-order valence-electron chi connectivity index (χ2n) is 5.94. The fourth-order valence-corrected chi connectivity index (χ4v) is 3.35. The topological polar surface area (TPSA) is 75.0 Å². The fraction of sp³-hybridized carbons (Fsp3) is 0.200. The van der Waals surface area contributed by atoms with E-state index < -0.39 is 23.6 Å². The summed E-state index contributed by atoms with van der Waals surface area (Å²) >= 11 is 0. The van der Waals surface area contributed by atoms with Gasteiger partial charge in [-0.15, -0.1) is 0 Å². The summed E-state index contributed by atoms with van der Waals surface area (Å²) in [5.41, 5.74) is 0.900. The maximum absolute atomic E-state index is 12.7. The molecule has 4 rings (SSSR count). The summed E-state index contributed by atoms with van der Waals surface area (Å²) in [6.07, 6.45) is -0.976. The van der Waals surface area contributed by atoms with Gasteiger partial charge < -0.3 is 18.6 Å². The van der Waals surface area contributed by atoms with Gasteiger partial charge in [-0.3, -0.25) is 0 Å². The van der Waals surface area contributed by atoms with E-state index in [2.05, 4.69) is 0 Å². The Balaban J connectivity index is 1.98. The zero-order chi connectivity index (χ0) is 18.3. The number of rotatable bonds is 3. The van der Waals surface area contributed by atoms with E-state index in [-0.39, 0.29) is 0 Å². The molecule has 3 aromatic rings. The first-order valence-electron chi connectivity index (χ1n) is 8.08. The summed E-state index contributed by atoms with van der Waals surface area (Å²) in [5, 5.41) is 0.640. The van der Waals surface area contributed by atoms with Crippen LogP contribution >= 0.6 is 0 Å². The Morgan fingerprint density at radius 3 is 2.65 bits per heavy atom. The van der Waals surface area contributed by atoms with E-state index in [4.69, 9.17) is 18.6 Å². The van der Waals surface area contributed by atoms with E-state index in [0.717, 1.165) is 0 Å². The molecule has 2 atom stereocenters. The molecule has 1 aromatic heterocycles. The van der Waals surface area contributed by atoms with Gasteiger partial charge in [0.1, 0.15) is 17.1 Å². The molecule has 0 aliphatic carbocycles. The van der Waals surface area contributed by atoms with Crippen LogP contribution in [-0.2, 0) is 9.53 Å². The van der Waals surface area contributed by atoms with Gasteiger partial charge >= 0.3 is 11.6 Å². The number of hydrogen-bond donors (Lipinski definition) is 0. The van der Waals surface area contributed by atoms with Crippen LogP contribution in [0.25, 0.3) is 11.0 Å². The van der Waals surface area contributed by atoms with Gasteiger partial charge in [-0.1, -0.05) is 24.3 Å². The van der Waals surface area contributed by atoms with Gasteiger partial charge in [-0.25, -0.2) is 9.59 Å². The van der Waals surface area contributed by atoms with Crippen LogP contribution in [0.2, 0.25) is 0 Å². The number of carbonyl (C=O) groups excluding carboxylic acids is 1. The molecule has 6 heteroatoms. The highest BCUT2D eigenvalue weighted by molar-refractivity contribution is 5.88. The van der Waals surface area contributed by atoms with E-state index in [0.29, 0.717) is 33.6 Å². The lowest BCUT2D eigenvalue weighted by Crippen LogP contribution is -2.31. The molecule has 1 aliphatic heterocycles. The van der Waals surface area contributed by atoms with E-state index in [9.17, 15) is 9.59 Å². The molecule has 0 N–H and O–H groups in total. The largest absolute Gasteiger partial charge is 0.497 e. The fourth-order valence-electron chi connectivity index (χ4n) is 3.35. The van der Waals surface area contributed by atoms with Gasteiger partial charge in [-0.05, 0) is 29.8 Å². The van der Waals surface area contributed by atoms with Crippen molar-refractivity contribution in [2.45, 2.75) is 12.0 Å². The number of fused-ring (bicyclic) bond motifs is 3. The number of para-hydroxylation sites is 1. The highest BCUT2D eigenvalue weighted by atomic mass is 16.6. The molecule has 0 spiro atoms. The van der Waals surface area contributed by atoms with Crippen molar-refractivity contribution in [3.63, 3.8) is 0 Å². The third kappa shape index (κ3) is 2.42. The molecule has 0 radical (unpaired) electrons. The maximum Gasteiger partial charge on any atom is 0.348 e. The molecule has 2 aromatic carbocycles. The Morgan fingerprint density at radius 2 is 1.88 bits per heavy atom. The summed E-state index contributed by atoms with van der Waals surface area (Å²) in [4.78, 5) is 25.0. The molecule has 0 fully saturated rings. The van der Waals surface area contributed by atoms with E-state index in [1.165, 1.54) is 7.11 Å². The van der Waals surface area contributed by atoms with Gasteiger partial charge in [0.25, 0.3) is 0 Å². The second kappa shape index (κ2) is 6.22. The summed E-state index contributed by atoms with van der Waals surface area (Å²) in [7, 11) is 2.84. The van der Waals surface area contributed by atoms with Gasteiger partial charge in [-0.2, -0.15) is 0 Å². The van der Waals surface area contributed by atoms with Crippen LogP contribution in [0.1, 0.15) is 17.0 Å². The normalized spacial score (nSPS) is 18.2. The van der Waals surface area contributed by atoms with Crippen molar-refractivity contribution in [3.8, 4) is 11.5 Å². The van der Waals surface area contributed by atoms with Crippen LogP contribution in [0.15, 0.2) is 57.7 Å². The summed E-state index contributed by atoms with van der Waals surface area (Å²) in [6, 6.07) is 14.2. The lowest BCUT2D eigenvalue weighted by atomic mass is 9.88. The second-order valence-corrected chi connectivity index (χ2v) is 5.94. The maximum atomic E-state index is 12.7. The van der Waals surface area contributed by atoms with Gasteiger partial charge in [0.2, 0.25) is 6.10 Å². The lowest BCUT2D eigenvalue weighted by molar-refractivity contribution is -0.148. The number of methoxy groups -OCH3 is 2. The smallest absolute Gasteiger partial charge is 0.348 e. The Labute approximate surface area is 148 Å². The molecule has 0 saturated heterocycles. The molecular formula is C20H16O6. The highest BCUT2D eigenvalue weighted by Crippen LogP contribution is 2.44. The Hall–Kier alpha value is -3.28. The molecule has 2 heterocycles. The third-order valence-electron chi connectivity index (χ3n) is 4.54. The molecule has 26 heavy (non-hydrogen) atoms. The average Bonchev–Trinajstić information content (AvgIpc) is 3.09. The van der Waals surface area contributed by atoms with Gasteiger partial charge in [0.05, 0.1) is 31.1 Å². The van der Waals surface area contributed by atoms with Crippen LogP contribution in [-0.4, -0.2) is 26.3 Å². The zero-order valence-electron chi connectivity index (χ0n) is 14.2. The zero-order valence-corrected chi connectivity index (χ0v) is 14.2. The van der Waals surface area contributed by atoms with E-state index >= 15 is 0 Å². The van der Waals surface area contributed by atoms with Crippen molar-refractivity contribution < 1.29 is 23.4 Å². The van der Waals surface area contributed by atoms with Crippen molar-refractivity contribution >= 4 is 16.9 Å². The van der Waals surface area contributed by atoms with Gasteiger partial charge in [0, 0.05) is 0 Å². The van der Waals surface area contributed by atoms with E-state index in [1.54, 1.807) is 43.5 Å². The van der Waals surface area contributed by atoms with Crippen LogP contribution in [0.4, 0.5) is 0 Å². The molecule has 0 amide bonds. The molecule has 0 bridgehead atoms. The molecule has 132 valence electrons. The Kier molecular flexibility index (Phi) is 3.88. The minimum atomic E-state index is -0.976. The lowest BCUT2D eigenvalue weighted by Gasteiger charge is -2.17. The number of benzene rings is 2. The molecular weight excluding hydrogens is 336 g/mol. The number of carbonyl (C=O) groups is 1. The van der Waals surface area contributed by atoms with Crippen molar-refractivity contribution in [2.75, 3.05) is 14.2 Å². The monoisotopic (exact) mass is 352 g/mol. The molecule has 6 nitrogen and oxygen atoms in total. The molecule has 1 aliphatic rings. The Bertz CT molecular complexity index is 1050. The van der Waals surface area contributed by atoms with Gasteiger partial charge in [0.15, 0.2) is 0 Å². The van der Waals surface area contributed by atoms with Crippen LogP contribution in [0.3, 0.4) is 0 Å². The molecule has 0 unspecified atom stereocenters. The Morgan fingerprint density at radius 1 is 1.08 bits per heavy atom. The van der Waals surface area contributed by atoms with Crippen molar-refractivity contribution in [2.24, 2.45) is 0 Å². The highest BCUT2D eigenvalue weighted by Gasteiger charge is 2.45. The van der Waals surface area contributed by atoms with Crippen LogP contribution in [0.5, 0.6) is 11.5 Å². The standard InChI is InChI=1S/C20H16O6/c1-23-12-7-5-6-11(10-12)15-16-17(26-18(15)20(22)24-2)13-8-3-4-9-14(13)25-19(16)21/h3-10,15,18H,1-2H3/t15-,18-/m1/s1. The van der Waals surface area contributed by atoms with Crippen LogP contribution < -0.4 is 15.1 Å².